The van der Waals surface area contributed by atoms with Gasteiger partial charge in [-0.05, 0) is 0 Å². The lowest BCUT2D eigenvalue weighted by atomic mass is 10.3. The van der Waals surface area contributed by atoms with E-state index in [4.69, 9.17) is 16.2 Å². The lowest BCUT2D eigenvalue weighted by Crippen LogP contribution is -2.47. The molecule has 1 aliphatic heterocycles. The molecular weight excluding hydrogens is 212 g/mol. The van der Waals surface area contributed by atoms with E-state index in [2.05, 4.69) is 4.90 Å². The van der Waals surface area contributed by atoms with Gasteiger partial charge in [0.05, 0.1) is 0 Å². The SMILES string of the molecule is O=S(O)CN1CCN(CCCl)CC1. The molecule has 0 saturated carbocycles. The van der Waals surface area contributed by atoms with Crippen molar-refractivity contribution in [3.05, 3.63) is 0 Å². The van der Waals surface area contributed by atoms with Gasteiger partial charge in [-0.3, -0.25) is 9.80 Å². The van der Waals surface area contributed by atoms with Crippen molar-refractivity contribution in [2.45, 2.75) is 0 Å². The molecule has 1 N–H and O–H groups in total. The molecule has 0 amide bonds. The van der Waals surface area contributed by atoms with Crippen molar-refractivity contribution in [1.82, 2.24) is 9.80 Å². The van der Waals surface area contributed by atoms with Crippen LogP contribution in [0.15, 0.2) is 0 Å². The topological polar surface area (TPSA) is 43.8 Å². The van der Waals surface area contributed by atoms with Gasteiger partial charge in [-0.1, -0.05) is 0 Å². The fourth-order valence-electron chi connectivity index (χ4n) is 1.42. The van der Waals surface area contributed by atoms with E-state index in [0.717, 1.165) is 32.7 Å². The van der Waals surface area contributed by atoms with Crippen LogP contribution in [0.2, 0.25) is 0 Å². The minimum absolute atomic E-state index is 0.273. The number of nitrogens with zero attached hydrogens (tertiary/aromatic N) is 2. The van der Waals surface area contributed by atoms with Crippen LogP contribution in [0.3, 0.4) is 0 Å². The molecule has 1 unspecified atom stereocenters. The van der Waals surface area contributed by atoms with E-state index in [1.165, 1.54) is 0 Å². The predicted octanol–water partition coefficient (Wildman–Crippen LogP) is 0.0220. The smallest absolute Gasteiger partial charge is 0.167 e. The standard InChI is InChI=1S/C7H15ClN2O2S/c8-1-2-9-3-5-10(6-4-9)7-13(11)12/h1-7H2,(H,11,12). The van der Waals surface area contributed by atoms with Crippen LogP contribution in [-0.2, 0) is 11.1 Å². The van der Waals surface area contributed by atoms with Gasteiger partial charge >= 0.3 is 0 Å². The van der Waals surface area contributed by atoms with Gasteiger partial charge in [-0.25, -0.2) is 4.21 Å². The highest BCUT2D eigenvalue weighted by atomic mass is 35.5. The Bertz CT molecular complexity index is 174. The molecule has 0 bridgehead atoms. The van der Waals surface area contributed by atoms with Gasteiger partial charge in [0.1, 0.15) is 5.88 Å². The maximum Gasteiger partial charge on any atom is 0.167 e. The van der Waals surface area contributed by atoms with Crippen LogP contribution in [0.1, 0.15) is 0 Å². The largest absolute Gasteiger partial charge is 0.305 e. The van der Waals surface area contributed by atoms with Crippen LogP contribution in [0, 0.1) is 0 Å². The summed E-state index contributed by atoms with van der Waals surface area (Å²) in [5.74, 6) is 0.931. The zero-order valence-corrected chi connectivity index (χ0v) is 9.06. The highest BCUT2D eigenvalue weighted by molar-refractivity contribution is 7.79. The first kappa shape index (κ1) is 11.4. The molecule has 1 aliphatic rings. The Labute approximate surface area is 86.1 Å². The van der Waals surface area contributed by atoms with Gasteiger partial charge in [0, 0.05) is 38.6 Å². The van der Waals surface area contributed by atoms with Crippen LogP contribution >= 0.6 is 11.6 Å². The Morgan fingerprint density at radius 2 is 1.77 bits per heavy atom. The molecule has 0 aliphatic carbocycles. The van der Waals surface area contributed by atoms with E-state index in [9.17, 15) is 4.21 Å². The molecule has 1 saturated heterocycles. The molecule has 6 heteroatoms. The first-order valence-corrected chi connectivity index (χ1v) is 6.11. The lowest BCUT2D eigenvalue weighted by Gasteiger charge is -2.33. The summed E-state index contributed by atoms with van der Waals surface area (Å²) in [6.07, 6.45) is 0. The zero-order valence-electron chi connectivity index (χ0n) is 7.49. The third-order valence-corrected chi connectivity index (χ3v) is 2.91. The van der Waals surface area contributed by atoms with Crippen LogP contribution < -0.4 is 0 Å². The second kappa shape index (κ2) is 5.93. The molecule has 0 aromatic rings. The second-order valence-corrected chi connectivity index (χ2v) is 4.38. The number of hydrogen-bond donors (Lipinski definition) is 1. The molecule has 1 heterocycles. The summed E-state index contributed by atoms with van der Waals surface area (Å²) in [5, 5.41) is 0. The van der Waals surface area contributed by atoms with Gasteiger partial charge in [0.15, 0.2) is 11.1 Å². The van der Waals surface area contributed by atoms with E-state index in [1.54, 1.807) is 0 Å². The number of halogens is 1. The summed E-state index contributed by atoms with van der Waals surface area (Å²) in [4.78, 5) is 4.27. The quantitative estimate of drug-likeness (QED) is 0.543. The minimum Gasteiger partial charge on any atom is -0.305 e. The molecule has 4 nitrogen and oxygen atoms in total. The molecule has 0 aromatic heterocycles. The Morgan fingerprint density at radius 1 is 1.23 bits per heavy atom. The molecule has 13 heavy (non-hydrogen) atoms. The maximum absolute atomic E-state index is 10.5. The second-order valence-electron chi connectivity index (χ2n) is 3.10. The summed E-state index contributed by atoms with van der Waals surface area (Å²) in [6.45, 7) is 4.54. The summed E-state index contributed by atoms with van der Waals surface area (Å²) in [7, 11) is 0. The Kier molecular flexibility index (Phi) is 5.20. The average molecular weight is 227 g/mol. The summed E-state index contributed by atoms with van der Waals surface area (Å²) in [5.41, 5.74) is 0. The van der Waals surface area contributed by atoms with Crippen LogP contribution in [-0.4, -0.2) is 63.0 Å². The van der Waals surface area contributed by atoms with Crippen molar-refractivity contribution in [2.75, 3.05) is 44.5 Å². The zero-order chi connectivity index (χ0) is 9.68. The molecule has 0 spiro atoms. The Balaban J connectivity index is 2.18. The van der Waals surface area contributed by atoms with Gasteiger partial charge in [0.2, 0.25) is 0 Å². The van der Waals surface area contributed by atoms with Crippen molar-refractivity contribution < 1.29 is 8.76 Å². The van der Waals surface area contributed by atoms with E-state index in [0.29, 0.717) is 5.88 Å². The molecular formula is C7H15ClN2O2S. The molecule has 0 radical (unpaired) electrons. The fraction of sp³-hybridized carbons (Fsp3) is 1.00. The average Bonchev–Trinajstić information content (AvgIpc) is 2.08. The van der Waals surface area contributed by atoms with Gasteiger partial charge in [0.25, 0.3) is 0 Å². The molecule has 1 atom stereocenters. The van der Waals surface area contributed by atoms with Crippen LogP contribution in [0.25, 0.3) is 0 Å². The van der Waals surface area contributed by atoms with E-state index in [1.807, 2.05) is 4.90 Å². The highest BCUT2D eigenvalue weighted by Crippen LogP contribution is 2.01. The normalized spacial score (nSPS) is 23.2. The van der Waals surface area contributed by atoms with Crippen molar-refractivity contribution in [3.63, 3.8) is 0 Å². The van der Waals surface area contributed by atoms with E-state index < -0.39 is 11.1 Å². The first-order chi connectivity index (χ1) is 6.22. The highest BCUT2D eigenvalue weighted by Gasteiger charge is 2.16. The fourth-order valence-corrected chi connectivity index (χ4v) is 2.23. The third kappa shape index (κ3) is 4.37. The summed E-state index contributed by atoms with van der Waals surface area (Å²) >= 11 is 3.91. The van der Waals surface area contributed by atoms with E-state index >= 15 is 0 Å². The van der Waals surface area contributed by atoms with Gasteiger partial charge in [-0.15, -0.1) is 11.6 Å². The number of rotatable bonds is 4. The number of alkyl halides is 1. The Hall–Kier alpha value is 0.320. The predicted molar refractivity (Wildman–Crippen MR) is 54.4 cm³/mol. The Morgan fingerprint density at radius 3 is 2.23 bits per heavy atom. The van der Waals surface area contributed by atoms with E-state index in [-0.39, 0.29) is 5.88 Å². The van der Waals surface area contributed by atoms with Crippen LogP contribution in [0.5, 0.6) is 0 Å². The van der Waals surface area contributed by atoms with Crippen molar-refractivity contribution in [3.8, 4) is 0 Å². The number of piperazine rings is 1. The first-order valence-electron chi connectivity index (χ1n) is 4.30. The van der Waals surface area contributed by atoms with Crippen molar-refractivity contribution in [2.24, 2.45) is 0 Å². The monoisotopic (exact) mass is 226 g/mol. The third-order valence-electron chi connectivity index (χ3n) is 2.16. The van der Waals surface area contributed by atoms with Gasteiger partial charge < -0.3 is 4.55 Å². The molecule has 1 rings (SSSR count). The lowest BCUT2D eigenvalue weighted by molar-refractivity contribution is 0.153. The molecule has 78 valence electrons. The molecule has 1 fully saturated rings. The van der Waals surface area contributed by atoms with Gasteiger partial charge in [-0.2, -0.15) is 0 Å². The summed E-state index contributed by atoms with van der Waals surface area (Å²) < 4.78 is 19.2. The molecule has 0 aromatic carbocycles. The van der Waals surface area contributed by atoms with Crippen LogP contribution in [0.4, 0.5) is 0 Å². The summed E-state index contributed by atoms with van der Waals surface area (Å²) in [6, 6.07) is 0. The maximum atomic E-state index is 10.5. The number of hydrogen-bond acceptors (Lipinski definition) is 3. The van der Waals surface area contributed by atoms with Crippen molar-refractivity contribution >= 4 is 22.7 Å². The minimum atomic E-state index is -1.70. The van der Waals surface area contributed by atoms with Crippen molar-refractivity contribution in [1.29, 1.82) is 0 Å².